The van der Waals surface area contributed by atoms with Gasteiger partial charge in [-0.1, -0.05) is 0 Å². The van der Waals surface area contributed by atoms with Crippen molar-refractivity contribution in [1.82, 2.24) is 0 Å². The van der Waals surface area contributed by atoms with E-state index >= 15 is 0 Å². The van der Waals surface area contributed by atoms with Crippen LogP contribution in [0, 0.1) is 0 Å². The van der Waals surface area contributed by atoms with Crippen LogP contribution in [0.3, 0.4) is 0 Å². The van der Waals surface area contributed by atoms with E-state index in [4.69, 9.17) is 0 Å². The number of carbonyl (C=O) groups is 1. The summed E-state index contributed by atoms with van der Waals surface area (Å²) >= 11 is 1.48. The maximum atomic E-state index is 10.2. The maximum Gasteiger partial charge on any atom is 0.243 e. The molecular formula is C5H9NOS. The molecule has 0 aliphatic rings. The molecule has 0 spiro atoms. The summed E-state index contributed by atoms with van der Waals surface area (Å²) in [6, 6.07) is 0. The van der Waals surface area contributed by atoms with E-state index in [1.165, 1.54) is 18.7 Å². The van der Waals surface area contributed by atoms with Crippen LogP contribution in [0.4, 0.5) is 0 Å². The Morgan fingerprint density at radius 1 is 1.50 bits per heavy atom. The third-order valence-electron chi connectivity index (χ3n) is 0.610. The molecule has 0 rings (SSSR count). The summed E-state index contributed by atoms with van der Waals surface area (Å²) in [5.41, 5.74) is 0. The molecule has 46 valence electrons. The van der Waals surface area contributed by atoms with Gasteiger partial charge in [0.1, 0.15) is 0 Å². The van der Waals surface area contributed by atoms with Crippen LogP contribution in [0.2, 0.25) is 0 Å². The minimum absolute atomic E-state index is 0.128. The molecule has 0 atom stereocenters. The summed E-state index contributed by atoms with van der Waals surface area (Å²) in [6.45, 7) is 3.26. The van der Waals surface area contributed by atoms with Crippen LogP contribution >= 0.6 is 11.8 Å². The highest BCUT2D eigenvalue weighted by Crippen LogP contribution is 1.95. The van der Waals surface area contributed by atoms with Gasteiger partial charge in [0.25, 0.3) is 0 Å². The molecule has 0 unspecified atom stereocenters. The molecule has 0 saturated heterocycles. The quantitative estimate of drug-likeness (QED) is 0.366. The second-order valence-corrected chi connectivity index (χ2v) is 2.35. The van der Waals surface area contributed by atoms with Crippen molar-refractivity contribution in [3.63, 3.8) is 0 Å². The van der Waals surface area contributed by atoms with E-state index in [1.54, 1.807) is 0 Å². The van der Waals surface area contributed by atoms with Crippen LogP contribution < -0.4 is 0 Å². The molecule has 3 heteroatoms. The highest BCUT2D eigenvalue weighted by Gasteiger charge is 1.87. The fraction of sp³-hybridized carbons (Fsp3) is 0.600. The second kappa shape index (κ2) is 3.66. The summed E-state index contributed by atoms with van der Waals surface area (Å²) in [5, 5.41) is 0.817. The predicted molar refractivity (Wildman–Crippen MR) is 37.3 cm³/mol. The zero-order chi connectivity index (χ0) is 6.57. The van der Waals surface area contributed by atoms with Crippen molar-refractivity contribution in [3.05, 3.63) is 0 Å². The first-order valence-electron chi connectivity index (χ1n) is 2.26. The number of hydrogen-bond donors (Lipinski definition) is 0. The first kappa shape index (κ1) is 7.69. The normalized spacial score (nSPS) is 11.6. The number of rotatable bonds is 0. The van der Waals surface area contributed by atoms with Crippen molar-refractivity contribution in [2.45, 2.75) is 13.8 Å². The summed E-state index contributed by atoms with van der Waals surface area (Å²) in [6.07, 6.45) is 1.89. The van der Waals surface area contributed by atoms with Crippen molar-refractivity contribution in [3.8, 4) is 0 Å². The number of nitrogens with zero attached hydrogens (tertiary/aromatic N) is 1. The van der Waals surface area contributed by atoms with E-state index in [1.807, 2.05) is 13.2 Å². The highest BCUT2D eigenvalue weighted by atomic mass is 32.2. The van der Waals surface area contributed by atoms with Gasteiger partial charge >= 0.3 is 0 Å². The number of thioether (sulfide) groups is 1. The van der Waals surface area contributed by atoms with E-state index in [2.05, 4.69) is 4.99 Å². The summed E-state index contributed by atoms with van der Waals surface area (Å²) in [4.78, 5) is 13.8. The van der Waals surface area contributed by atoms with Crippen LogP contribution in [0.15, 0.2) is 4.99 Å². The van der Waals surface area contributed by atoms with Gasteiger partial charge in [-0.3, -0.25) is 4.79 Å². The van der Waals surface area contributed by atoms with Gasteiger partial charge < -0.3 is 0 Å². The predicted octanol–water partition coefficient (Wildman–Crippen LogP) is 1.31. The molecule has 0 bridgehead atoms. The maximum absolute atomic E-state index is 10.2. The Labute approximate surface area is 53.4 Å². The smallest absolute Gasteiger partial charge is 0.243 e. The van der Waals surface area contributed by atoms with Crippen LogP contribution in [-0.4, -0.2) is 17.2 Å². The lowest BCUT2D eigenvalue weighted by Crippen LogP contribution is -1.88. The van der Waals surface area contributed by atoms with Crippen molar-refractivity contribution < 1.29 is 4.79 Å². The van der Waals surface area contributed by atoms with Gasteiger partial charge in [-0.15, -0.1) is 11.8 Å². The van der Waals surface area contributed by atoms with Crippen molar-refractivity contribution in [2.75, 3.05) is 6.26 Å². The van der Waals surface area contributed by atoms with Gasteiger partial charge in [0, 0.05) is 6.92 Å². The Balaban J connectivity index is 3.75. The van der Waals surface area contributed by atoms with E-state index in [0.29, 0.717) is 0 Å². The van der Waals surface area contributed by atoms with Gasteiger partial charge in [0.15, 0.2) is 0 Å². The zero-order valence-corrected chi connectivity index (χ0v) is 6.08. The summed E-state index contributed by atoms with van der Waals surface area (Å²) in [7, 11) is 0. The Morgan fingerprint density at radius 2 is 2.00 bits per heavy atom. The largest absolute Gasteiger partial charge is 0.273 e. The minimum atomic E-state index is -0.128. The monoisotopic (exact) mass is 131 g/mol. The van der Waals surface area contributed by atoms with Gasteiger partial charge in [-0.05, 0) is 13.2 Å². The van der Waals surface area contributed by atoms with Crippen LogP contribution in [0.25, 0.3) is 0 Å². The molecule has 0 heterocycles. The van der Waals surface area contributed by atoms with Gasteiger partial charge in [0.2, 0.25) is 5.91 Å². The molecule has 0 aliphatic heterocycles. The second-order valence-electron chi connectivity index (χ2n) is 1.35. The average Bonchev–Trinajstić information content (AvgIpc) is 1.65. The van der Waals surface area contributed by atoms with Crippen molar-refractivity contribution in [2.24, 2.45) is 4.99 Å². The Hall–Kier alpha value is -0.310. The number of carbonyl (C=O) groups excluding carboxylic acids is 1. The third kappa shape index (κ3) is 3.87. The molecule has 0 aliphatic carbocycles. The first-order valence-corrected chi connectivity index (χ1v) is 3.49. The topological polar surface area (TPSA) is 29.4 Å². The third-order valence-corrected chi connectivity index (χ3v) is 1.29. The van der Waals surface area contributed by atoms with Crippen LogP contribution in [-0.2, 0) is 4.79 Å². The summed E-state index contributed by atoms with van der Waals surface area (Å²) in [5.74, 6) is -0.128. The van der Waals surface area contributed by atoms with Crippen molar-refractivity contribution >= 4 is 22.7 Å². The molecule has 1 amide bonds. The average molecular weight is 131 g/mol. The number of hydrogen-bond acceptors (Lipinski definition) is 2. The lowest BCUT2D eigenvalue weighted by molar-refractivity contribution is -0.115. The molecule has 0 N–H and O–H groups in total. The van der Waals surface area contributed by atoms with Crippen LogP contribution in [0.1, 0.15) is 13.8 Å². The number of aliphatic imine (C=N–C) groups is 1. The molecule has 0 radical (unpaired) electrons. The van der Waals surface area contributed by atoms with Gasteiger partial charge in [-0.25, -0.2) is 4.99 Å². The van der Waals surface area contributed by atoms with Crippen molar-refractivity contribution in [1.29, 1.82) is 0 Å². The fourth-order valence-electron chi connectivity index (χ4n) is 0.267. The molecule has 8 heavy (non-hydrogen) atoms. The highest BCUT2D eigenvalue weighted by molar-refractivity contribution is 8.13. The van der Waals surface area contributed by atoms with E-state index < -0.39 is 0 Å². The molecule has 0 saturated carbocycles. The standard InChI is InChI=1S/C5H9NOS/c1-4(7)6-5(2)8-3/h1-3H3. The molecular weight excluding hydrogens is 122 g/mol. The first-order chi connectivity index (χ1) is 3.66. The molecule has 2 nitrogen and oxygen atoms in total. The SMILES string of the molecule is CSC(C)=NC(C)=O. The minimum Gasteiger partial charge on any atom is -0.273 e. The molecule has 0 fully saturated rings. The summed E-state index contributed by atoms with van der Waals surface area (Å²) < 4.78 is 0. The van der Waals surface area contributed by atoms with Gasteiger partial charge in [-0.2, -0.15) is 0 Å². The van der Waals surface area contributed by atoms with Crippen LogP contribution in [0.5, 0.6) is 0 Å². The Kier molecular flexibility index (Phi) is 3.52. The van der Waals surface area contributed by atoms with Gasteiger partial charge in [0.05, 0.1) is 5.04 Å². The Bertz CT molecular complexity index is 120. The molecule has 0 aromatic heterocycles. The molecule has 0 aromatic carbocycles. The Morgan fingerprint density at radius 3 is 2.12 bits per heavy atom. The fourth-order valence-corrected chi connectivity index (χ4v) is 0.487. The lowest BCUT2D eigenvalue weighted by Gasteiger charge is -1.87. The molecule has 0 aromatic rings. The van der Waals surface area contributed by atoms with E-state index in [-0.39, 0.29) is 5.91 Å². The van der Waals surface area contributed by atoms with E-state index in [0.717, 1.165) is 5.04 Å². The lowest BCUT2D eigenvalue weighted by atomic mass is 10.7. The zero-order valence-electron chi connectivity index (χ0n) is 5.26. The van der Waals surface area contributed by atoms with E-state index in [9.17, 15) is 4.79 Å². The number of amides is 1.